The summed E-state index contributed by atoms with van der Waals surface area (Å²) in [6, 6.07) is 15.3. The van der Waals surface area contributed by atoms with Crippen LogP contribution in [0.3, 0.4) is 0 Å². The number of aromatic amines is 1. The van der Waals surface area contributed by atoms with E-state index >= 15 is 0 Å². The van der Waals surface area contributed by atoms with Gasteiger partial charge < -0.3 is 10.3 Å². The van der Waals surface area contributed by atoms with E-state index in [1.54, 1.807) is 0 Å². The normalized spacial score (nSPS) is 11.7. The minimum Gasteiger partial charge on any atom is -0.339 e. The molecule has 0 aliphatic rings. The molecule has 0 bridgehead atoms. The van der Waals surface area contributed by atoms with Crippen LogP contribution >= 0.6 is 11.6 Å². The first kappa shape index (κ1) is 18.3. The monoisotopic (exact) mass is 393 g/mol. The van der Waals surface area contributed by atoms with Crippen LogP contribution in [0.5, 0.6) is 0 Å². The van der Waals surface area contributed by atoms with Gasteiger partial charge in [0, 0.05) is 22.0 Å². The van der Waals surface area contributed by atoms with Gasteiger partial charge >= 0.3 is 0 Å². The van der Waals surface area contributed by atoms with Gasteiger partial charge in [-0.1, -0.05) is 56.6 Å². The smallest absolute Gasteiger partial charge is 0.233 e. The van der Waals surface area contributed by atoms with E-state index < -0.39 is 5.41 Å². The molecule has 0 aliphatic heterocycles. The number of hydrogen-bond acceptors (Lipinski definition) is 4. The van der Waals surface area contributed by atoms with Crippen molar-refractivity contribution in [1.29, 1.82) is 0 Å². The fraction of sp³-hybridized carbons (Fsp3) is 0.190. The number of hydrogen-bond donors (Lipinski definition) is 3. The number of nitrogens with one attached hydrogen (secondary N) is 3. The molecule has 2 aromatic heterocycles. The molecular formula is C21H20ClN5O. The molecule has 3 N–H and O–H groups in total. The predicted octanol–water partition coefficient (Wildman–Crippen LogP) is 5.49. The number of fused-ring (bicyclic) bond motifs is 3. The molecule has 1 amide bonds. The van der Waals surface area contributed by atoms with Gasteiger partial charge in [-0.05, 0) is 24.3 Å². The summed E-state index contributed by atoms with van der Waals surface area (Å²) in [5.41, 5.74) is 1.76. The number of benzene rings is 2. The van der Waals surface area contributed by atoms with Crippen molar-refractivity contribution in [2.75, 3.05) is 10.6 Å². The van der Waals surface area contributed by atoms with Gasteiger partial charge in [-0.3, -0.25) is 10.1 Å². The Balaban J connectivity index is 1.91. The molecule has 4 aromatic rings. The van der Waals surface area contributed by atoms with Crippen molar-refractivity contribution in [2.24, 2.45) is 5.41 Å². The zero-order valence-electron chi connectivity index (χ0n) is 15.8. The summed E-state index contributed by atoms with van der Waals surface area (Å²) in [6.07, 6.45) is 0. The quantitative estimate of drug-likeness (QED) is 0.429. The maximum absolute atomic E-state index is 12.4. The van der Waals surface area contributed by atoms with E-state index in [-0.39, 0.29) is 11.9 Å². The minimum atomic E-state index is -0.560. The summed E-state index contributed by atoms with van der Waals surface area (Å²) < 4.78 is 0. The van der Waals surface area contributed by atoms with E-state index in [9.17, 15) is 4.79 Å². The Morgan fingerprint density at radius 3 is 2.46 bits per heavy atom. The highest BCUT2D eigenvalue weighted by Gasteiger charge is 2.23. The summed E-state index contributed by atoms with van der Waals surface area (Å²) >= 11 is 6.46. The molecule has 2 heterocycles. The van der Waals surface area contributed by atoms with Crippen LogP contribution in [0.2, 0.25) is 5.02 Å². The van der Waals surface area contributed by atoms with E-state index in [1.807, 2.05) is 69.3 Å². The van der Waals surface area contributed by atoms with Gasteiger partial charge in [0.1, 0.15) is 11.5 Å². The van der Waals surface area contributed by atoms with Crippen molar-refractivity contribution in [3.63, 3.8) is 0 Å². The summed E-state index contributed by atoms with van der Waals surface area (Å²) in [5.74, 6) is 0.639. The molecule has 4 rings (SSSR count). The Morgan fingerprint density at radius 2 is 1.75 bits per heavy atom. The molecular weight excluding hydrogens is 374 g/mol. The molecule has 0 spiro atoms. The number of carbonyl (C=O) groups excluding carboxylic acids is 1. The Morgan fingerprint density at radius 1 is 1.00 bits per heavy atom. The van der Waals surface area contributed by atoms with Crippen LogP contribution in [0.25, 0.3) is 21.9 Å². The van der Waals surface area contributed by atoms with E-state index in [4.69, 9.17) is 11.6 Å². The van der Waals surface area contributed by atoms with Crippen LogP contribution < -0.4 is 10.6 Å². The van der Waals surface area contributed by atoms with Crippen LogP contribution in [-0.2, 0) is 4.79 Å². The zero-order valence-corrected chi connectivity index (χ0v) is 16.6. The molecule has 6 nitrogen and oxygen atoms in total. The standard InChI is InChI=1S/C21H20ClN5O/c1-21(2,3)19(28)27-20-25-17(23-12-8-5-4-6-9-12)16-15-13(22)10-7-11-14(15)24-18(16)26-20/h4-11H,1-3H3,(H3,23,24,25,26,27,28). The summed E-state index contributed by atoms with van der Waals surface area (Å²) in [6.45, 7) is 5.52. The Hall–Kier alpha value is -3.12. The maximum atomic E-state index is 12.4. The van der Waals surface area contributed by atoms with Crippen LogP contribution in [0, 0.1) is 5.41 Å². The molecule has 0 fully saturated rings. The number of halogens is 1. The maximum Gasteiger partial charge on any atom is 0.233 e. The lowest BCUT2D eigenvalue weighted by Crippen LogP contribution is -2.28. The van der Waals surface area contributed by atoms with E-state index in [1.165, 1.54) is 0 Å². The van der Waals surface area contributed by atoms with Gasteiger partial charge in [0.15, 0.2) is 0 Å². The number of anilines is 3. The second kappa shape index (κ2) is 6.80. The average molecular weight is 394 g/mol. The number of carbonyl (C=O) groups is 1. The summed E-state index contributed by atoms with van der Waals surface area (Å²) in [7, 11) is 0. The lowest BCUT2D eigenvalue weighted by Gasteiger charge is -2.17. The predicted molar refractivity (Wildman–Crippen MR) is 114 cm³/mol. The molecule has 0 saturated carbocycles. The topological polar surface area (TPSA) is 82.7 Å². The Labute approximate surface area is 167 Å². The van der Waals surface area contributed by atoms with Crippen molar-refractivity contribution in [1.82, 2.24) is 15.0 Å². The second-order valence-electron chi connectivity index (χ2n) is 7.60. The number of H-pyrrole nitrogens is 1. The van der Waals surface area contributed by atoms with Crippen LogP contribution in [0.4, 0.5) is 17.5 Å². The molecule has 0 atom stereocenters. The molecule has 0 aliphatic carbocycles. The molecule has 0 saturated heterocycles. The Kier molecular flexibility index (Phi) is 4.43. The first-order valence-electron chi connectivity index (χ1n) is 8.94. The van der Waals surface area contributed by atoms with E-state index in [2.05, 4.69) is 25.6 Å². The Bertz CT molecular complexity index is 1180. The highest BCUT2D eigenvalue weighted by atomic mass is 35.5. The first-order chi connectivity index (χ1) is 13.3. The number of amides is 1. The van der Waals surface area contributed by atoms with Gasteiger partial charge in [-0.2, -0.15) is 9.97 Å². The largest absolute Gasteiger partial charge is 0.339 e. The summed E-state index contributed by atoms with van der Waals surface area (Å²) in [4.78, 5) is 24.8. The summed E-state index contributed by atoms with van der Waals surface area (Å²) in [5, 5.41) is 8.35. The van der Waals surface area contributed by atoms with Crippen LogP contribution in [0.15, 0.2) is 48.5 Å². The van der Waals surface area contributed by atoms with Crippen molar-refractivity contribution < 1.29 is 4.79 Å². The molecule has 0 radical (unpaired) electrons. The van der Waals surface area contributed by atoms with Crippen molar-refractivity contribution in [2.45, 2.75) is 20.8 Å². The lowest BCUT2D eigenvalue weighted by molar-refractivity contribution is -0.123. The molecule has 28 heavy (non-hydrogen) atoms. The average Bonchev–Trinajstić information content (AvgIpc) is 3.01. The van der Waals surface area contributed by atoms with Gasteiger partial charge in [0.2, 0.25) is 11.9 Å². The van der Waals surface area contributed by atoms with Gasteiger partial charge in [0.25, 0.3) is 0 Å². The van der Waals surface area contributed by atoms with E-state index in [0.717, 1.165) is 22.0 Å². The van der Waals surface area contributed by atoms with Gasteiger partial charge in [-0.15, -0.1) is 0 Å². The highest BCUT2D eigenvalue weighted by molar-refractivity contribution is 6.38. The third-order valence-corrected chi connectivity index (χ3v) is 4.68. The molecule has 142 valence electrons. The number of para-hydroxylation sites is 1. The van der Waals surface area contributed by atoms with Gasteiger partial charge in [-0.25, -0.2) is 0 Å². The number of nitrogens with zero attached hydrogens (tertiary/aromatic N) is 2. The third-order valence-electron chi connectivity index (χ3n) is 4.37. The first-order valence-corrected chi connectivity index (χ1v) is 9.32. The van der Waals surface area contributed by atoms with Crippen LogP contribution in [0.1, 0.15) is 20.8 Å². The van der Waals surface area contributed by atoms with Crippen molar-refractivity contribution >= 4 is 56.9 Å². The lowest BCUT2D eigenvalue weighted by atomic mass is 9.96. The third kappa shape index (κ3) is 3.39. The fourth-order valence-corrected chi connectivity index (χ4v) is 3.16. The van der Waals surface area contributed by atoms with Crippen LogP contribution in [-0.4, -0.2) is 20.9 Å². The molecule has 7 heteroatoms. The van der Waals surface area contributed by atoms with E-state index in [0.29, 0.717) is 16.5 Å². The second-order valence-corrected chi connectivity index (χ2v) is 8.01. The molecule has 0 unspecified atom stereocenters. The van der Waals surface area contributed by atoms with Crippen molar-refractivity contribution in [3.05, 3.63) is 53.6 Å². The highest BCUT2D eigenvalue weighted by Crippen LogP contribution is 2.36. The fourth-order valence-electron chi connectivity index (χ4n) is 2.89. The molecule has 2 aromatic carbocycles. The number of rotatable bonds is 3. The SMILES string of the molecule is CC(C)(C)C(=O)Nc1nc(Nc2ccccc2)c2c(n1)[nH]c1cccc(Cl)c12. The zero-order chi connectivity index (χ0) is 19.9. The number of aromatic nitrogens is 3. The van der Waals surface area contributed by atoms with Crippen molar-refractivity contribution in [3.8, 4) is 0 Å². The van der Waals surface area contributed by atoms with Gasteiger partial charge in [0.05, 0.1) is 10.4 Å². The minimum absolute atomic E-state index is 0.161.